The molecular formula is C24H25N3O3S. The largest absolute Gasteiger partial charge is 0.497 e. The number of nitrogens with zero attached hydrogens (tertiary/aromatic N) is 2. The first kappa shape index (κ1) is 20.9. The summed E-state index contributed by atoms with van der Waals surface area (Å²) in [7, 11) is 1.64. The number of rotatable bonds is 9. The molecule has 2 aromatic heterocycles. The number of nitrogens with one attached hydrogen (secondary N) is 1. The van der Waals surface area contributed by atoms with Gasteiger partial charge in [0.25, 0.3) is 5.91 Å². The minimum absolute atomic E-state index is 0.0811. The molecule has 0 aliphatic heterocycles. The Kier molecular flexibility index (Phi) is 6.52. The van der Waals surface area contributed by atoms with E-state index >= 15 is 0 Å². The summed E-state index contributed by atoms with van der Waals surface area (Å²) in [6.07, 6.45) is 0.802. The van der Waals surface area contributed by atoms with Gasteiger partial charge >= 0.3 is 0 Å². The molecule has 0 fully saturated rings. The maximum atomic E-state index is 12.5. The second-order valence-corrected chi connectivity index (χ2v) is 8.11. The molecule has 160 valence electrons. The number of methoxy groups -OCH3 is 1. The molecule has 7 heteroatoms. The van der Waals surface area contributed by atoms with Crippen molar-refractivity contribution in [1.29, 1.82) is 0 Å². The summed E-state index contributed by atoms with van der Waals surface area (Å²) in [5, 5.41) is 4.97. The SMILES string of the molecule is COc1cccc(OCCCn2c(C(C)NC(=O)c3cccs3)nc3ccccc32)c1. The Hall–Kier alpha value is -3.32. The number of aromatic nitrogens is 2. The number of ether oxygens (including phenoxy) is 2. The van der Waals surface area contributed by atoms with Crippen LogP contribution in [0.1, 0.15) is 34.9 Å². The van der Waals surface area contributed by atoms with Gasteiger partial charge in [0.2, 0.25) is 0 Å². The molecule has 0 saturated carbocycles. The van der Waals surface area contributed by atoms with Crippen LogP contribution in [-0.2, 0) is 6.54 Å². The third-order valence-electron chi connectivity index (χ3n) is 5.00. The Morgan fingerprint density at radius 2 is 1.97 bits per heavy atom. The summed E-state index contributed by atoms with van der Waals surface area (Å²) >= 11 is 1.43. The van der Waals surface area contributed by atoms with Crippen LogP contribution >= 0.6 is 11.3 Å². The number of hydrogen-bond donors (Lipinski definition) is 1. The van der Waals surface area contributed by atoms with Gasteiger partial charge in [0.1, 0.15) is 17.3 Å². The Bertz CT molecular complexity index is 1150. The van der Waals surface area contributed by atoms with E-state index in [1.807, 2.05) is 66.9 Å². The fourth-order valence-electron chi connectivity index (χ4n) is 3.50. The van der Waals surface area contributed by atoms with Gasteiger partial charge in [-0.1, -0.05) is 24.3 Å². The molecule has 0 aliphatic carbocycles. The first-order chi connectivity index (χ1) is 15.2. The predicted molar refractivity (Wildman–Crippen MR) is 123 cm³/mol. The summed E-state index contributed by atoms with van der Waals surface area (Å²) in [4.78, 5) is 18.0. The molecule has 0 radical (unpaired) electrons. The van der Waals surface area contributed by atoms with Gasteiger partial charge in [0.05, 0.1) is 35.7 Å². The lowest BCUT2D eigenvalue weighted by Crippen LogP contribution is -2.28. The van der Waals surface area contributed by atoms with Gasteiger partial charge in [0.15, 0.2) is 0 Å². The van der Waals surface area contributed by atoms with Crippen LogP contribution in [-0.4, -0.2) is 29.2 Å². The van der Waals surface area contributed by atoms with Crippen molar-refractivity contribution >= 4 is 28.3 Å². The minimum atomic E-state index is -0.221. The molecule has 0 aliphatic rings. The topological polar surface area (TPSA) is 65.4 Å². The van der Waals surface area contributed by atoms with Gasteiger partial charge < -0.3 is 19.4 Å². The highest BCUT2D eigenvalue weighted by Crippen LogP contribution is 2.23. The maximum absolute atomic E-state index is 12.5. The average molecular weight is 436 g/mol. The number of thiophene rings is 1. The molecule has 2 aromatic carbocycles. The van der Waals surface area contributed by atoms with E-state index in [0.717, 1.165) is 41.3 Å². The molecule has 1 atom stereocenters. The van der Waals surface area contributed by atoms with Crippen LogP contribution in [0.4, 0.5) is 0 Å². The van der Waals surface area contributed by atoms with Gasteiger partial charge in [0, 0.05) is 12.6 Å². The number of para-hydroxylation sites is 2. The number of carbonyl (C=O) groups excluding carboxylic acids is 1. The second-order valence-electron chi connectivity index (χ2n) is 7.16. The second kappa shape index (κ2) is 9.66. The van der Waals surface area contributed by atoms with E-state index in [0.29, 0.717) is 11.5 Å². The van der Waals surface area contributed by atoms with Crippen molar-refractivity contribution in [3.63, 3.8) is 0 Å². The number of fused-ring (bicyclic) bond motifs is 1. The summed E-state index contributed by atoms with van der Waals surface area (Å²) in [6, 6.07) is 19.1. The average Bonchev–Trinajstić information content (AvgIpc) is 3.45. The van der Waals surface area contributed by atoms with Crippen molar-refractivity contribution < 1.29 is 14.3 Å². The van der Waals surface area contributed by atoms with Crippen LogP contribution in [0.15, 0.2) is 66.0 Å². The van der Waals surface area contributed by atoms with Gasteiger partial charge in [-0.05, 0) is 49.1 Å². The smallest absolute Gasteiger partial charge is 0.261 e. The Morgan fingerprint density at radius 1 is 1.13 bits per heavy atom. The van der Waals surface area contributed by atoms with Crippen LogP contribution in [0.3, 0.4) is 0 Å². The van der Waals surface area contributed by atoms with Crippen molar-refractivity contribution in [3.8, 4) is 11.5 Å². The van der Waals surface area contributed by atoms with E-state index in [4.69, 9.17) is 14.5 Å². The van der Waals surface area contributed by atoms with E-state index in [1.165, 1.54) is 11.3 Å². The molecule has 0 spiro atoms. The molecule has 0 saturated heterocycles. The molecular weight excluding hydrogens is 410 g/mol. The highest BCUT2D eigenvalue weighted by atomic mass is 32.1. The summed E-state index contributed by atoms with van der Waals surface area (Å²) in [5.74, 6) is 2.32. The standard InChI is InChI=1S/C24H25N3O3S/c1-17(25-24(28)22-12-6-15-31-22)23-26-20-10-3-4-11-21(20)27(23)13-7-14-30-19-9-5-8-18(16-19)29-2/h3-6,8-12,15-17H,7,13-14H2,1-2H3,(H,25,28). The molecule has 4 aromatic rings. The van der Waals surface area contributed by atoms with E-state index < -0.39 is 0 Å². The Labute approximate surface area is 185 Å². The summed E-state index contributed by atoms with van der Waals surface area (Å²) in [5.41, 5.74) is 1.97. The third-order valence-corrected chi connectivity index (χ3v) is 5.87. The monoisotopic (exact) mass is 435 g/mol. The fourth-order valence-corrected chi connectivity index (χ4v) is 4.13. The lowest BCUT2D eigenvalue weighted by Gasteiger charge is -2.16. The van der Waals surface area contributed by atoms with Crippen LogP contribution < -0.4 is 14.8 Å². The molecule has 31 heavy (non-hydrogen) atoms. The van der Waals surface area contributed by atoms with E-state index in [9.17, 15) is 4.79 Å². The van der Waals surface area contributed by atoms with Gasteiger partial charge in [-0.25, -0.2) is 4.98 Å². The van der Waals surface area contributed by atoms with Crippen LogP contribution in [0.5, 0.6) is 11.5 Å². The van der Waals surface area contributed by atoms with Crippen molar-refractivity contribution in [2.75, 3.05) is 13.7 Å². The molecule has 4 rings (SSSR count). The van der Waals surface area contributed by atoms with Gasteiger partial charge in [-0.2, -0.15) is 0 Å². The summed E-state index contributed by atoms with van der Waals surface area (Å²) in [6.45, 7) is 3.27. The fraction of sp³-hybridized carbons (Fsp3) is 0.250. The maximum Gasteiger partial charge on any atom is 0.261 e. The zero-order chi connectivity index (χ0) is 21.6. The van der Waals surface area contributed by atoms with Gasteiger partial charge in [-0.3, -0.25) is 4.79 Å². The third kappa shape index (κ3) is 4.88. The molecule has 6 nitrogen and oxygen atoms in total. The minimum Gasteiger partial charge on any atom is -0.497 e. The lowest BCUT2D eigenvalue weighted by molar-refractivity contribution is 0.0941. The molecule has 0 bridgehead atoms. The quantitative estimate of drug-likeness (QED) is 0.373. The van der Waals surface area contributed by atoms with Crippen molar-refractivity contribution in [3.05, 3.63) is 76.7 Å². The summed E-state index contributed by atoms with van der Waals surface area (Å²) < 4.78 is 13.3. The van der Waals surface area contributed by atoms with E-state index in [1.54, 1.807) is 7.11 Å². The number of hydrogen-bond acceptors (Lipinski definition) is 5. The van der Waals surface area contributed by atoms with Crippen molar-refractivity contribution in [1.82, 2.24) is 14.9 Å². The number of benzene rings is 2. The van der Waals surface area contributed by atoms with E-state index in [-0.39, 0.29) is 11.9 Å². The first-order valence-electron chi connectivity index (χ1n) is 10.2. The van der Waals surface area contributed by atoms with Crippen LogP contribution in [0, 0.1) is 0 Å². The Morgan fingerprint density at radius 3 is 2.77 bits per heavy atom. The number of amides is 1. The van der Waals surface area contributed by atoms with Crippen molar-refractivity contribution in [2.24, 2.45) is 0 Å². The number of imidazole rings is 1. The molecule has 1 N–H and O–H groups in total. The first-order valence-corrected chi connectivity index (χ1v) is 11.1. The van der Waals surface area contributed by atoms with Crippen molar-refractivity contribution in [2.45, 2.75) is 25.9 Å². The number of aryl methyl sites for hydroxylation is 1. The highest BCUT2D eigenvalue weighted by Gasteiger charge is 2.19. The molecule has 1 amide bonds. The van der Waals surface area contributed by atoms with Crippen LogP contribution in [0.2, 0.25) is 0 Å². The predicted octanol–water partition coefficient (Wildman–Crippen LogP) is 5.07. The van der Waals surface area contributed by atoms with Gasteiger partial charge in [-0.15, -0.1) is 11.3 Å². The number of carbonyl (C=O) groups is 1. The lowest BCUT2D eigenvalue weighted by atomic mass is 10.2. The highest BCUT2D eigenvalue weighted by molar-refractivity contribution is 7.12. The normalized spacial score (nSPS) is 11.9. The van der Waals surface area contributed by atoms with Crippen LogP contribution in [0.25, 0.3) is 11.0 Å². The zero-order valence-corrected chi connectivity index (χ0v) is 18.4. The Balaban J connectivity index is 1.46. The molecule has 2 heterocycles. The molecule has 1 unspecified atom stereocenters. The van der Waals surface area contributed by atoms with E-state index in [2.05, 4.69) is 16.0 Å². The zero-order valence-electron chi connectivity index (χ0n) is 17.6.